The third-order valence-corrected chi connectivity index (χ3v) is 11.0. The normalized spacial score (nSPS) is 12.2. The summed E-state index contributed by atoms with van der Waals surface area (Å²) < 4.78 is 4.92. The first-order valence-corrected chi connectivity index (χ1v) is 17.8. The van der Waals surface area contributed by atoms with Crippen LogP contribution in [-0.2, 0) is 0 Å². The molecule has 0 aliphatic carbocycles. The smallest absolute Gasteiger partial charge is 0.162 e. The van der Waals surface area contributed by atoms with Gasteiger partial charge in [-0.2, -0.15) is 0 Å². The van der Waals surface area contributed by atoms with E-state index in [2.05, 4.69) is 179 Å². The van der Waals surface area contributed by atoms with E-state index in [4.69, 9.17) is 9.97 Å². The van der Waals surface area contributed by atoms with Crippen molar-refractivity contribution in [1.29, 1.82) is 0 Å². The molecule has 0 saturated carbocycles. The van der Waals surface area contributed by atoms with Crippen LogP contribution in [0.15, 0.2) is 170 Å². The van der Waals surface area contributed by atoms with E-state index in [1.165, 1.54) is 70.7 Å². The fraction of sp³-hybridized carbons (Fsp3) is 0. The highest BCUT2D eigenvalue weighted by Gasteiger charge is 2.26. The van der Waals surface area contributed by atoms with E-state index in [-0.39, 0.29) is 0 Å². The lowest BCUT2D eigenvalue weighted by Gasteiger charge is -2.14. The maximum Gasteiger partial charge on any atom is 0.162 e. The number of benzene rings is 8. The van der Waals surface area contributed by atoms with Crippen LogP contribution in [0, 0.1) is 0 Å². The van der Waals surface area contributed by atoms with Gasteiger partial charge in [0.1, 0.15) is 5.82 Å². The molecule has 4 heteroatoms. The second-order valence-corrected chi connectivity index (χ2v) is 13.8. The third-order valence-electron chi connectivity index (χ3n) is 11.0. The predicted molar refractivity (Wildman–Crippen MR) is 217 cm³/mol. The Morgan fingerprint density at radius 2 is 1.02 bits per heavy atom. The van der Waals surface area contributed by atoms with Crippen LogP contribution in [0.25, 0.3) is 110 Å². The van der Waals surface area contributed by atoms with E-state index < -0.39 is 0 Å². The van der Waals surface area contributed by atoms with Crippen LogP contribution in [0.3, 0.4) is 0 Å². The van der Waals surface area contributed by atoms with E-state index in [1.807, 2.05) is 0 Å². The molecule has 12 rings (SSSR count). The molecule has 0 N–H and O–H groups in total. The number of fused-ring (bicyclic) bond motifs is 13. The zero-order chi connectivity index (χ0) is 33.9. The van der Waals surface area contributed by atoms with Gasteiger partial charge in [-0.15, -0.1) is 0 Å². The first-order valence-electron chi connectivity index (χ1n) is 17.8. The summed E-state index contributed by atoms with van der Waals surface area (Å²) in [6.07, 6.45) is 0. The first kappa shape index (κ1) is 27.7. The molecule has 0 atom stereocenters. The summed E-state index contributed by atoms with van der Waals surface area (Å²) in [5, 5.41) is 10.9. The van der Waals surface area contributed by atoms with Crippen molar-refractivity contribution in [3.05, 3.63) is 170 Å². The molecule has 240 valence electrons. The summed E-state index contributed by atoms with van der Waals surface area (Å²) in [6.45, 7) is 0. The molecule has 0 bridgehead atoms. The fourth-order valence-corrected chi connectivity index (χ4v) is 8.80. The van der Waals surface area contributed by atoms with Crippen molar-refractivity contribution >= 4 is 81.6 Å². The van der Waals surface area contributed by atoms with Gasteiger partial charge >= 0.3 is 0 Å². The van der Waals surface area contributed by atoms with Crippen LogP contribution >= 0.6 is 0 Å². The molecule has 0 spiro atoms. The Hall–Kier alpha value is -7.04. The van der Waals surface area contributed by atoms with Crippen molar-refractivity contribution < 1.29 is 0 Å². The lowest BCUT2D eigenvalue weighted by molar-refractivity contribution is 1.08. The average molecular weight is 661 g/mol. The molecular formula is C48H28N4. The van der Waals surface area contributed by atoms with E-state index >= 15 is 0 Å². The Labute approximate surface area is 297 Å². The highest BCUT2D eigenvalue weighted by Crippen LogP contribution is 2.48. The van der Waals surface area contributed by atoms with Gasteiger partial charge in [0.15, 0.2) is 5.82 Å². The predicted octanol–water partition coefficient (Wildman–Crippen LogP) is 12.4. The quantitative estimate of drug-likeness (QED) is 0.189. The van der Waals surface area contributed by atoms with Crippen molar-refractivity contribution in [2.75, 3.05) is 0 Å². The van der Waals surface area contributed by atoms with Crippen molar-refractivity contribution in [2.45, 2.75) is 0 Å². The highest BCUT2D eigenvalue weighted by molar-refractivity contribution is 6.35. The number of para-hydroxylation sites is 3. The van der Waals surface area contributed by atoms with Crippen LogP contribution in [0.1, 0.15) is 0 Å². The van der Waals surface area contributed by atoms with Crippen LogP contribution < -0.4 is 0 Å². The fourth-order valence-electron chi connectivity index (χ4n) is 8.80. The van der Waals surface area contributed by atoms with Crippen LogP contribution in [0.4, 0.5) is 0 Å². The molecule has 4 heterocycles. The Morgan fingerprint density at radius 1 is 0.365 bits per heavy atom. The van der Waals surface area contributed by atoms with Gasteiger partial charge in [0, 0.05) is 48.7 Å². The minimum absolute atomic E-state index is 0.703. The molecule has 0 unspecified atom stereocenters. The van der Waals surface area contributed by atoms with E-state index in [1.54, 1.807) is 0 Å². The van der Waals surface area contributed by atoms with Gasteiger partial charge in [0.2, 0.25) is 0 Å². The molecule has 8 aromatic carbocycles. The van der Waals surface area contributed by atoms with E-state index in [0.29, 0.717) is 5.82 Å². The lowest BCUT2D eigenvalue weighted by atomic mass is 10.0. The topological polar surface area (TPSA) is 35.1 Å². The number of rotatable bonds is 3. The van der Waals surface area contributed by atoms with Crippen molar-refractivity contribution in [1.82, 2.24) is 18.9 Å². The largest absolute Gasteiger partial charge is 0.308 e. The van der Waals surface area contributed by atoms with Crippen LogP contribution in [0.5, 0.6) is 0 Å². The molecule has 0 aliphatic heterocycles. The van der Waals surface area contributed by atoms with Gasteiger partial charge in [0.05, 0.1) is 33.1 Å². The van der Waals surface area contributed by atoms with Gasteiger partial charge in [-0.05, 0) is 52.9 Å². The summed E-state index contributed by atoms with van der Waals surface area (Å²) in [5.41, 5.74) is 10.2. The molecule has 0 radical (unpaired) electrons. The van der Waals surface area contributed by atoms with Gasteiger partial charge in [-0.3, -0.25) is 4.57 Å². The zero-order valence-corrected chi connectivity index (χ0v) is 28.0. The molecule has 4 aromatic heterocycles. The molecule has 4 nitrogen and oxygen atoms in total. The number of hydrogen-bond donors (Lipinski definition) is 0. The maximum atomic E-state index is 5.57. The van der Waals surface area contributed by atoms with Gasteiger partial charge in [-0.25, -0.2) is 9.97 Å². The molecule has 12 aromatic rings. The van der Waals surface area contributed by atoms with Gasteiger partial charge in [-0.1, -0.05) is 133 Å². The SMILES string of the molecule is c1ccc(-c2cccc(-c3nc(-n4c5c6ccccc6ccc5c5cc6c7ccccc7n7c8ccccc8c(c54)c67)c4ccccc4n3)c2)cc1. The number of nitrogens with zero attached hydrogens (tertiary/aromatic N) is 4. The summed E-state index contributed by atoms with van der Waals surface area (Å²) in [4.78, 5) is 10.8. The lowest BCUT2D eigenvalue weighted by Crippen LogP contribution is -2.03. The first-order chi connectivity index (χ1) is 25.8. The van der Waals surface area contributed by atoms with Crippen molar-refractivity contribution in [3.8, 4) is 28.3 Å². The summed E-state index contributed by atoms with van der Waals surface area (Å²) in [7, 11) is 0. The second-order valence-electron chi connectivity index (χ2n) is 13.8. The van der Waals surface area contributed by atoms with Crippen molar-refractivity contribution in [3.63, 3.8) is 0 Å². The Kier molecular flexibility index (Phi) is 5.47. The summed E-state index contributed by atoms with van der Waals surface area (Å²) in [6, 6.07) is 61.0. The monoisotopic (exact) mass is 660 g/mol. The maximum absolute atomic E-state index is 5.57. The Morgan fingerprint density at radius 3 is 1.88 bits per heavy atom. The standard InChI is InChI=1S/C48H28N4/c1-2-13-29(14-3-1)31-16-12-17-32(27-31)47-49-40-22-9-6-20-36(40)48(50-47)52-44-33-18-5-4-15-30(33)25-26-35(44)39-28-38-34-19-7-10-23-41(34)51-42-24-11-8-21-37(42)43(45(38)51)46(39)52/h1-28H. The molecule has 0 amide bonds. The van der Waals surface area contributed by atoms with Gasteiger partial charge in [0.25, 0.3) is 0 Å². The second kappa shape index (κ2) is 10.3. The molecular weight excluding hydrogens is 633 g/mol. The molecule has 0 fully saturated rings. The number of hydrogen-bond acceptors (Lipinski definition) is 2. The van der Waals surface area contributed by atoms with Crippen LogP contribution in [-0.4, -0.2) is 18.9 Å². The van der Waals surface area contributed by atoms with E-state index in [9.17, 15) is 0 Å². The van der Waals surface area contributed by atoms with Gasteiger partial charge < -0.3 is 4.40 Å². The highest BCUT2D eigenvalue weighted by atomic mass is 15.1. The Balaban J connectivity index is 1.30. The molecule has 0 aliphatic rings. The minimum atomic E-state index is 0.703. The summed E-state index contributed by atoms with van der Waals surface area (Å²) in [5.74, 6) is 1.58. The Bertz CT molecular complexity index is 3410. The molecule has 52 heavy (non-hydrogen) atoms. The number of aromatic nitrogens is 4. The molecule has 0 saturated heterocycles. The zero-order valence-electron chi connectivity index (χ0n) is 28.0. The van der Waals surface area contributed by atoms with Crippen molar-refractivity contribution in [2.24, 2.45) is 0 Å². The third kappa shape index (κ3) is 3.65. The minimum Gasteiger partial charge on any atom is -0.308 e. The van der Waals surface area contributed by atoms with Crippen LogP contribution in [0.2, 0.25) is 0 Å². The van der Waals surface area contributed by atoms with E-state index in [0.717, 1.165) is 33.4 Å². The summed E-state index contributed by atoms with van der Waals surface area (Å²) >= 11 is 0. The average Bonchev–Trinajstić information content (AvgIpc) is 3.85.